The van der Waals surface area contributed by atoms with Crippen LogP contribution >= 0.6 is 11.6 Å². The van der Waals surface area contributed by atoms with Crippen LogP contribution in [0.1, 0.15) is 5.69 Å². The van der Waals surface area contributed by atoms with Gasteiger partial charge in [0, 0.05) is 29.0 Å². The number of hydrogen-bond acceptors (Lipinski definition) is 3. The van der Waals surface area contributed by atoms with Crippen LogP contribution in [0.25, 0.3) is 16.8 Å². The third-order valence-electron chi connectivity index (χ3n) is 3.76. The van der Waals surface area contributed by atoms with Crippen LogP contribution in [0.2, 0.25) is 5.02 Å². The summed E-state index contributed by atoms with van der Waals surface area (Å²) in [5, 5.41) is 3.22. The van der Waals surface area contributed by atoms with E-state index in [1.54, 1.807) is 0 Å². The molecule has 0 fully saturated rings. The predicted molar refractivity (Wildman–Crippen MR) is 83.7 cm³/mol. The lowest BCUT2D eigenvalue weighted by Crippen LogP contribution is -2.40. The van der Waals surface area contributed by atoms with E-state index in [9.17, 15) is 39.9 Å². The van der Waals surface area contributed by atoms with Gasteiger partial charge in [-0.3, -0.25) is 13.9 Å². The number of fused-ring (bicyclic) bond motifs is 1. The Kier molecular flexibility index (Phi) is 4.84. The van der Waals surface area contributed by atoms with Gasteiger partial charge < -0.3 is 0 Å². The zero-order valence-electron chi connectivity index (χ0n) is 13.7. The van der Waals surface area contributed by atoms with Gasteiger partial charge in [-0.05, 0) is 6.07 Å². The fraction of sp³-hybridized carbons (Fsp3) is 0.267. The number of pyridine rings is 1. The van der Waals surface area contributed by atoms with Crippen molar-refractivity contribution >= 4 is 17.2 Å². The third-order valence-corrected chi connectivity index (χ3v) is 3.99. The summed E-state index contributed by atoms with van der Waals surface area (Å²) in [4.78, 5) is 15.9. The maximum Gasteiger partial charge on any atom is 0.455 e. The first-order valence-electron chi connectivity index (χ1n) is 7.47. The molecule has 3 aromatic heterocycles. The van der Waals surface area contributed by atoms with E-state index in [0.717, 1.165) is 16.7 Å². The minimum Gasteiger partial charge on any atom is -0.268 e. The Morgan fingerprint density at radius 2 is 1.72 bits per heavy atom. The standard InChI is InChI=1S/C15H7ClF8N4O/c16-8-1-2-28-9(3-8)26-11(14(19,20)21)10(12(28)29)7-4-25-27(5-7)6-13(17,18)15(22,23)24/h1-5H,6H2. The van der Waals surface area contributed by atoms with E-state index in [4.69, 9.17) is 11.6 Å². The second kappa shape index (κ2) is 6.68. The van der Waals surface area contributed by atoms with Crippen molar-refractivity contribution in [2.45, 2.75) is 24.8 Å². The van der Waals surface area contributed by atoms with Crippen LogP contribution in [0.15, 0.2) is 35.5 Å². The van der Waals surface area contributed by atoms with Gasteiger partial charge in [0.1, 0.15) is 12.2 Å². The van der Waals surface area contributed by atoms with E-state index < -0.39 is 52.8 Å². The minimum absolute atomic E-state index is 0.0000221. The first kappa shape index (κ1) is 21.0. The highest BCUT2D eigenvalue weighted by Crippen LogP contribution is 2.37. The summed E-state index contributed by atoms with van der Waals surface area (Å²) in [6.45, 7) is -1.98. The first-order valence-corrected chi connectivity index (χ1v) is 7.85. The molecule has 0 spiro atoms. The molecule has 156 valence electrons. The van der Waals surface area contributed by atoms with Gasteiger partial charge in [-0.25, -0.2) is 4.98 Å². The van der Waals surface area contributed by atoms with E-state index in [-0.39, 0.29) is 9.70 Å². The van der Waals surface area contributed by atoms with Crippen molar-refractivity contribution in [3.63, 3.8) is 0 Å². The zero-order valence-corrected chi connectivity index (χ0v) is 14.4. The molecular weight excluding hydrogens is 440 g/mol. The van der Waals surface area contributed by atoms with Gasteiger partial charge in [-0.15, -0.1) is 0 Å². The Bertz CT molecular complexity index is 1130. The van der Waals surface area contributed by atoms with Crippen LogP contribution in [0.4, 0.5) is 35.1 Å². The Morgan fingerprint density at radius 3 is 2.31 bits per heavy atom. The van der Waals surface area contributed by atoms with Crippen molar-refractivity contribution in [3.8, 4) is 11.1 Å². The molecule has 0 amide bonds. The van der Waals surface area contributed by atoms with Crippen molar-refractivity contribution in [2.24, 2.45) is 0 Å². The molecule has 0 aromatic carbocycles. The van der Waals surface area contributed by atoms with Crippen molar-refractivity contribution in [2.75, 3.05) is 0 Å². The molecule has 0 atom stereocenters. The molecule has 0 bridgehead atoms. The van der Waals surface area contributed by atoms with Crippen LogP contribution in [-0.4, -0.2) is 31.3 Å². The Hall–Kier alpha value is -2.70. The van der Waals surface area contributed by atoms with Crippen LogP contribution in [-0.2, 0) is 12.7 Å². The van der Waals surface area contributed by atoms with E-state index in [2.05, 4.69) is 10.1 Å². The summed E-state index contributed by atoms with van der Waals surface area (Å²) < 4.78 is 104. The SMILES string of the molecule is O=c1c(-c2cnn(CC(F)(F)C(F)(F)F)c2)c(C(F)(F)F)nc2cc(Cl)ccn12. The van der Waals surface area contributed by atoms with Gasteiger partial charge in [0.15, 0.2) is 5.69 Å². The maximum atomic E-state index is 13.4. The molecule has 0 aliphatic carbocycles. The molecule has 29 heavy (non-hydrogen) atoms. The van der Waals surface area contributed by atoms with E-state index >= 15 is 0 Å². The molecule has 0 N–H and O–H groups in total. The molecule has 3 heterocycles. The van der Waals surface area contributed by atoms with E-state index in [0.29, 0.717) is 12.4 Å². The number of hydrogen-bond donors (Lipinski definition) is 0. The summed E-state index contributed by atoms with van der Waals surface area (Å²) in [6.07, 6.45) is -8.93. The van der Waals surface area contributed by atoms with Crippen LogP contribution in [0.5, 0.6) is 0 Å². The van der Waals surface area contributed by atoms with E-state index in [1.165, 1.54) is 6.07 Å². The molecule has 0 aliphatic rings. The van der Waals surface area contributed by atoms with Gasteiger partial charge in [0.05, 0.1) is 11.8 Å². The molecule has 0 saturated carbocycles. The van der Waals surface area contributed by atoms with Gasteiger partial charge >= 0.3 is 18.3 Å². The number of halogens is 9. The van der Waals surface area contributed by atoms with Crippen LogP contribution in [0, 0.1) is 0 Å². The summed E-state index contributed by atoms with van der Waals surface area (Å²) in [6, 6.07) is 2.19. The number of aromatic nitrogens is 4. The van der Waals surface area contributed by atoms with E-state index in [1.807, 2.05) is 0 Å². The normalized spacial score (nSPS) is 13.3. The smallest absolute Gasteiger partial charge is 0.268 e. The summed E-state index contributed by atoms with van der Waals surface area (Å²) >= 11 is 5.68. The molecule has 0 radical (unpaired) electrons. The van der Waals surface area contributed by atoms with Crippen LogP contribution < -0.4 is 5.56 Å². The topological polar surface area (TPSA) is 52.2 Å². The molecule has 5 nitrogen and oxygen atoms in total. The second-order valence-corrected chi connectivity index (χ2v) is 6.28. The Morgan fingerprint density at radius 1 is 1.07 bits per heavy atom. The lowest BCUT2D eigenvalue weighted by molar-refractivity contribution is -0.287. The largest absolute Gasteiger partial charge is 0.455 e. The molecule has 3 rings (SSSR count). The lowest BCUT2D eigenvalue weighted by Gasteiger charge is -2.19. The van der Waals surface area contributed by atoms with Crippen molar-refractivity contribution in [3.05, 3.63) is 51.8 Å². The molecule has 3 aromatic rings. The summed E-state index contributed by atoms with van der Waals surface area (Å²) in [5.41, 5.74) is -5.02. The zero-order chi connectivity index (χ0) is 21.8. The summed E-state index contributed by atoms with van der Waals surface area (Å²) in [5.74, 6) is -5.18. The maximum absolute atomic E-state index is 13.4. The van der Waals surface area contributed by atoms with Gasteiger partial charge in [-0.2, -0.15) is 40.2 Å². The lowest BCUT2D eigenvalue weighted by atomic mass is 10.1. The fourth-order valence-electron chi connectivity index (χ4n) is 2.45. The Labute approximate surface area is 160 Å². The highest BCUT2D eigenvalue weighted by Gasteiger charge is 2.57. The fourth-order valence-corrected chi connectivity index (χ4v) is 2.60. The van der Waals surface area contributed by atoms with Gasteiger partial charge in [0.2, 0.25) is 0 Å². The highest BCUT2D eigenvalue weighted by atomic mass is 35.5. The van der Waals surface area contributed by atoms with Crippen molar-refractivity contribution in [1.82, 2.24) is 19.2 Å². The quantitative estimate of drug-likeness (QED) is 0.559. The average molecular weight is 447 g/mol. The van der Waals surface area contributed by atoms with Gasteiger partial charge in [0.25, 0.3) is 5.56 Å². The molecule has 0 aliphatic heterocycles. The Balaban J connectivity index is 2.18. The van der Waals surface area contributed by atoms with Crippen molar-refractivity contribution in [1.29, 1.82) is 0 Å². The second-order valence-electron chi connectivity index (χ2n) is 5.84. The van der Waals surface area contributed by atoms with Crippen LogP contribution in [0.3, 0.4) is 0 Å². The summed E-state index contributed by atoms with van der Waals surface area (Å²) in [7, 11) is 0. The molecular formula is C15H7ClF8N4O. The monoisotopic (exact) mass is 446 g/mol. The molecule has 0 saturated heterocycles. The predicted octanol–water partition coefficient (Wildman–Crippen LogP) is 4.43. The minimum atomic E-state index is -5.89. The van der Waals surface area contributed by atoms with Crippen molar-refractivity contribution < 1.29 is 35.1 Å². The number of rotatable bonds is 3. The first-order chi connectivity index (χ1) is 13.2. The average Bonchev–Trinajstić information content (AvgIpc) is 2.99. The highest BCUT2D eigenvalue weighted by molar-refractivity contribution is 6.30. The number of alkyl halides is 8. The third kappa shape index (κ3) is 3.91. The molecule has 0 unspecified atom stereocenters. The number of nitrogens with zero attached hydrogens (tertiary/aromatic N) is 4. The molecule has 14 heteroatoms. The van der Waals surface area contributed by atoms with Gasteiger partial charge in [-0.1, -0.05) is 11.6 Å².